The van der Waals surface area contributed by atoms with Crippen LogP contribution in [0.25, 0.3) is 11.3 Å². The van der Waals surface area contributed by atoms with Gasteiger partial charge in [-0.2, -0.15) is 0 Å². The number of thiazole rings is 1. The molecule has 40 heavy (non-hydrogen) atoms. The van der Waals surface area contributed by atoms with Gasteiger partial charge in [-0.1, -0.05) is 42.5 Å². The maximum absolute atomic E-state index is 13.0. The van der Waals surface area contributed by atoms with Gasteiger partial charge in [0, 0.05) is 49.2 Å². The number of benzene rings is 2. The minimum absolute atomic E-state index is 0.116. The number of hydrogen-bond donors (Lipinski definition) is 2. The molecule has 0 radical (unpaired) electrons. The standard InChI is InChI=1S/C29H33N5O5S/c35-26(30-12-14-33-15-17-38-18-16-33)23-10-8-22(9-11-23)24-20-40-28(31-24)32-27(36)25-7-4-13-34(25)29(37)39-19-21-5-2-1-3-6-21/h1-3,5-6,8-11,20,25H,4,7,12-19H2,(H,30,35)(H,31,32,36). The van der Waals surface area contributed by atoms with Gasteiger partial charge in [0.2, 0.25) is 5.91 Å². The van der Waals surface area contributed by atoms with Crippen LogP contribution in [0, 0.1) is 0 Å². The van der Waals surface area contributed by atoms with E-state index in [1.165, 1.54) is 16.2 Å². The second kappa shape index (κ2) is 13.5. The Morgan fingerprint density at radius 3 is 2.58 bits per heavy atom. The molecular weight excluding hydrogens is 530 g/mol. The molecule has 1 atom stereocenters. The molecule has 5 rings (SSSR count). The lowest BCUT2D eigenvalue weighted by Gasteiger charge is -2.26. The number of carbonyl (C=O) groups is 3. The second-order valence-electron chi connectivity index (χ2n) is 9.71. The molecule has 11 heteroatoms. The summed E-state index contributed by atoms with van der Waals surface area (Å²) in [6.45, 7) is 5.27. The monoisotopic (exact) mass is 563 g/mol. The zero-order valence-electron chi connectivity index (χ0n) is 22.2. The van der Waals surface area contributed by atoms with Gasteiger partial charge in [0.1, 0.15) is 12.6 Å². The fourth-order valence-electron chi connectivity index (χ4n) is 4.76. The van der Waals surface area contributed by atoms with E-state index >= 15 is 0 Å². The molecule has 2 aromatic carbocycles. The maximum atomic E-state index is 13.0. The average molecular weight is 564 g/mol. The van der Waals surface area contributed by atoms with Crippen LogP contribution in [-0.4, -0.2) is 84.7 Å². The van der Waals surface area contributed by atoms with Crippen LogP contribution in [0.1, 0.15) is 28.8 Å². The van der Waals surface area contributed by atoms with Crippen molar-refractivity contribution in [2.75, 3.05) is 51.3 Å². The van der Waals surface area contributed by atoms with E-state index in [4.69, 9.17) is 9.47 Å². The number of morpholine rings is 1. The van der Waals surface area contributed by atoms with Crippen LogP contribution >= 0.6 is 11.3 Å². The van der Waals surface area contributed by atoms with Gasteiger partial charge in [0.25, 0.3) is 5.91 Å². The van der Waals surface area contributed by atoms with E-state index < -0.39 is 12.1 Å². The molecular formula is C29H33N5O5S. The molecule has 1 unspecified atom stereocenters. The summed E-state index contributed by atoms with van der Waals surface area (Å²) in [4.78, 5) is 46.5. The summed E-state index contributed by atoms with van der Waals surface area (Å²) >= 11 is 1.31. The topological polar surface area (TPSA) is 113 Å². The predicted molar refractivity (Wildman–Crippen MR) is 152 cm³/mol. The van der Waals surface area contributed by atoms with E-state index in [2.05, 4.69) is 20.5 Å². The van der Waals surface area contributed by atoms with Gasteiger partial charge in [-0.3, -0.25) is 19.4 Å². The van der Waals surface area contributed by atoms with Crippen LogP contribution < -0.4 is 10.6 Å². The molecule has 2 N–H and O–H groups in total. The molecule has 2 saturated heterocycles. The first-order valence-corrected chi connectivity index (χ1v) is 14.4. The number of aromatic nitrogens is 1. The lowest BCUT2D eigenvalue weighted by atomic mass is 10.1. The molecule has 3 heterocycles. The Bertz CT molecular complexity index is 1290. The summed E-state index contributed by atoms with van der Waals surface area (Å²) in [5.74, 6) is -0.395. The lowest BCUT2D eigenvalue weighted by molar-refractivity contribution is -0.120. The Morgan fingerprint density at radius 2 is 1.80 bits per heavy atom. The third-order valence-electron chi connectivity index (χ3n) is 6.99. The summed E-state index contributed by atoms with van der Waals surface area (Å²) in [7, 11) is 0. The molecule has 0 aliphatic carbocycles. The van der Waals surface area contributed by atoms with Crippen molar-refractivity contribution in [1.82, 2.24) is 20.1 Å². The third-order valence-corrected chi connectivity index (χ3v) is 7.75. The molecule has 2 aliphatic rings. The Balaban J connectivity index is 1.11. The van der Waals surface area contributed by atoms with E-state index in [1.54, 1.807) is 12.1 Å². The molecule has 2 aliphatic heterocycles. The highest BCUT2D eigenvalue weighted by atomic mass is 32.1. The van der Waals surface area contributed by atoms with Gasteiger partial charge in [-0.15, -0.1) is 11.3 Å². The summed E-state index contributed by atoms with van der Waals surface area (Å²) in [5, 5.41) is 8.13. The number of likely N-dealkylation sites (tertiary alicyclic amines) is 1. The van der Waals surface area contributed by atoms with E-state index in [0.717, 1.165) is 50.4 Å². The molecule has 10 nitrogen and oxygen atoms in total. The first-order valence-electron chi connectivity index (χ1n) is 13.5. The highest BCUT2D eigenvalue weighted by molar-refractivity contribution is 7.14. The number of nitrogens with zero attached hydrogens (tertiary/aromatic N) is 3. The second-order valence-corrected chi connectivity index (χ2v) is 10.6. The van der Waals surface area contributed by atoms with Gasteiger partial charge in [0.05, 0.1) is 18.9 Å². The molecule has 0 bridgehead atoms. The van der Waals surface area contributed by atoms with Gasteiger partial charge < -0.3 is 20.1 Å². The van der Waals surface area contributed by atoms with Crippen LogP contribution in [0.15, 0.2) is 60.0 Å². The smallest absolute Gasteiger partial charge is 0.410 e. The van der Waals surface area contributed by atoms with Crippen molar-refractivity contribution in [2.24, 2.45) is 0 Å². The van der Waals surface area contributed by atoms with Crippen molar-refractivity contribution in [3.63, 3.8) is 0 Å². The SMILES string of the molecule is O=C(NCCN1CCOCC1)c1ccc(-c2csc(NC(=O)C3CCCN3C(=O)OCc3ccccc3)n2)cc1. The Kier molecular flexibility index (Phi) is 9.38. The summed E-state index contributed by atoms with van der Waals surface area (Å²) < 4.78 is 10.8. The third kappa shape index (κ3) is 7.23. The lowest BCUT2D eigenvalue weighted by Crippen LogP contribution is -2.43. The largest absolute Gasteiger partial charge is 0.445 e. The summed E-state index contributed by atoms with van der Waals surface area (Å²) in [6, 6.07) is 16.1. The molecule has 3 aromatic rings. The number of nitrogens with one attached hydrogen (secondary N) is 2. The van der Waals surface area contributed by atoms with E-state index in [0.29, 0.717) is 35.9 Å². The summed E-state index contributed by atoms with van der Waals surface area (Å²) in [5.41, 5.74) is 3.01. The van der Waals surface area contributed by atoms with Crippen LogP contribution in [0.5, 0.6) is 0 Å². The number of rotatable bonds is 9. The van der Waals surface area contributed by atoms with E-state index in [1.807, 2.05) is 47.8 Å². The number of amides is 3. The van der Waals surface area contributed by atoms with Crippen LogP contribution in [0.3, 0.4) is 0 Å². The van der Waals surface area contributed by atoms with Crippen LogP contribution in [0.4, 0.5) is 9.93 Å². The summed E-state index contributed by atoms with van der Waals surface area (Å²) in [6.07, 6.45) is 0.807. The zero-order valence-corrected chi connectivity index (χ0v) is 23.0. The zero-order chi connectivity index (χ0) is 27.7. The Hall–Kier alpha value is -3.80. The highest BCUT2D eigenvalue weighted by Gasteiger charge is 2.35. The van der Waals surface area contributed by atoms with Crippen molar-refractivity contribution in [3.8, 4) is 11.3 Å². The normalized spacial score (nSPS) is 17.4. The van der Waals surface area contributed by atoms with Gasteiger partial charge >= 0.3 is 6.09 Å². The Labute approximate surface area is 237 Å². The number of ether oxygens (including phenoxy) is 2. The fraction of sp³-hybridized carbons (Fsp3) is 0.379. The molecule has 3 amide bonds. The minimum atomic E-state index is -0.600. The van der Waals surface area contributed by atoms with Crippen molar-refractivity contribution < 1.29 is 23.9 Å². The maximum Gasteiger partial charge on any atom is 0.410 e. The van der Waals surface area contributed by atoms with Gasteiger partial charge in [-0.05, 0) is 30.5 Å². The van der Waals surface area contributed by atoms with Crippen molar-refractivity contribution in [3.05, 3.63) is 71.1 Å². The predicted octanol–water partition coefficient (Wildman–Crippen LogP) is 3.61. The molecule has 2 fully saturated rings. The molecule has 1 aromatic heterocycles. The first kappa shape index (κ1) is 27.8. The van der Waals surface area contributed by atoms with Crippen LogP contribution in [0.2, 0.25) is 0 Å². The minimum Gasteiger partial charge on any atom is -0.445 e. The number of carbonyl (C=O) groups excluding carboxylic acids is 3. The van der Waals surface area contributed by atoms with Crippen LogP contribution in [-0.2, 0) is 20.9 Å². The van der Waals surface area contributed by atoms with Gasteiger partial charge in [0.15, 0.2) is 5.13 Å². The average Bonchev–Trinajstić information content (AvgIpc) is 3.68. The highest BCUT2D eigenvalue weighted by Crippen LogP contribution is 2.27. The molecule has 210 valence electrons. The molecule has 0 saturated carbocycles. The first-order chi connectivity index (χ1) is 19.6. The van der Waals surface area contributed by atoms with Crippen molar-refractivity contribution in [1.29, 1.82) is 0 Å². The van der Waals surface area contributed by atoms with Crippen molar-refractivity contribution in [2.45, 2.75) is 25.5 Å². The number of anilines is 1. The fourth-order valence-corrected chi connectivity index (χ4v) is 5.48. The van der Waals surface area contributed by atoms with E-state index in [-0.39, 0.29) is 18.4 Å². The van der Waals surface area contributed by atoms with Crippen molar-refractivity contribution >= 4 is 34.4 Å². The Morgan fingerprint density at radius 1 is 1.02 bits per heavy atom. The number of hydrogen-bond acceptors (Lipinski definition) is 8. The van der Waals surface area contributed by atoms with Gasteiger partial charge in [-0.25, -0.2) is 9.78 Å². The molecule has 0 spiro atoms. The van der Waals surface area contributed by atoms with E-state index in [9.17, 15) is 14.4 Å². The quantitative estimate of drug-likeness (QED) is 0.409.